The maximum atomic E-state index is 11.8. The van der Waals surface area contributed by atoms with E-state index < -0.39 is 0 Å². The second-order valence-electron chi connectivity index (χ2n) is 4.72. The highest BCUT2D eigenvalue weighted by molar-refractivity contribution is 5.97. The third kappa shape index (κ3) is 2.75. The third-order valence-electron chi connectivity index (χ3n) is 3.36. The molecule has 0 bridgehead atoms. The zero-order valence-electron chi connectivity index (χ0n) is 11.8. The number of Topliss-reactive ketones (excluding diaryl/α,β-unsaturated/α-hetero) is 1. The van der Waals surface area contributed by atoms with Crippen molar-refractivity contribution in [3.63, 3.8) is 0 Å². The maximum absolute atomic E-state index is 11.8. The van der Waals surface area contributed by atoms with Crippen molar-refractivity contribution in [1.29, 1.82) is 0 Å². The Morgan fingerprint density at radius 2 is 2.11 bits per heavy atom. The van der Waals surface area contributed by atoms with Gasteiger partial charge in [0.05, 0.1) is 6.20 Å². The van der Waals surface area contributed by atoms with E-state index in [0.717, 1.165) is 35.3 Å². The van der Waals surface area contributed by atoms with Crippen LogP contribution in [0, 0.1) is 6.92 Å². The number of carbonyl (C=O) groups is 1. The molecule has 0 spiro atoms. The van der Waals surface area contributed by atoms with Crippen LogP contribution in [-0.4, -0.2) is 15.6 Å². The standard InChI is InChI=1S/C16H20N2O/c1-4-9-18-12(3)15(11-17-18)13-7-6-8-14(10-13)16(19)5-2/h6-8,10-11H,4-5,9H2,1-3H3. The maximum Gasteiger partial charge on any atom is 0.162 e. The van der Waals surface area contributed by atoms with E-state index in [1.54, 1.807) is 0 Å². The van der Waals surface area contributed by atoms with Crippen molar-refractivity contribution in [3.05, 3.63) is 41.7 Å². The molecule has 1 aromatic carbocycles. The molecule has 100 valence electrons. The van der Waals surface area contributed by atoms with Gasteiger partial charge in [0.2, 0.25) is 0 Å². The lowest BCUT2D eigenvalue weighted by Gasteiger charge is -2.05. The predicted molar refractivity (Wildman–Crippen MR) is 77.3 cm³/mol. The minimum absolute atomic E-state index is 0.181. The van der Waals surface area contributed by atoms with Crippen LogP contribution in [0.3, 0.4) is 0 Å². The Bertz CT molecular complexity index is 584. The molecule has 0 saturated carbocycles. The molecular weight excluding hydrogens is 236 g/mol. The number of rotatable bonds is 5. The molecule has 0 N–H and O–H groups in total. The highest BCUT2D eigenvalue weighted by atomic mass is 16.1. The van der Waals surface area contributed by atoms with Crippen LogP contribution in [0.5, 0.6) is 0 Å². The summed E-state index contributed by atoms with van der Waals surface area (Å²) in [6, 6.07) is 7.81. The van der Waals surface area contributed by atoms with Gasteiger partial charge in [-0.1, -0.05) is 32.0 Å². The van der Waals surface area contributed by atoms with Gasteiger partial charge in [0.25, 0.3) is 0 Å². The number of ketones is 1. The second-order valence-corrected chi connectivity index (χ2v) is 4.72. The Morgan fingerprint density at radius 1 is 1.32 bits per heavy atom. The molecule has 1 aromatic heterocycles. The number of hydrogen-bond acceptors (Lipinski definition) is 2. The molecule has 2 aromatic rings. The van der Waals surface area contributed by atoms with Crippen molar-refractivity contribution in [2.24, 2.45) is 0 Å². The van der Waals surface area contributed by atoms with E-state index in [9.17, 15) is 4.79 Å². The van der Waals surface area contributed by atoms with E-state index in [2.05, 4.69) is 18.9 Å². The van der Waals surface area contributed by atoms with Gasteiger partial charge in [-0.3, -0.25) is 9.48 Å². The van der Waals surface area contributed by atoms with Crippen LogP contribution in [-0.2, 0) is 6.54 Å². The fourth-order valence-corrected chi connectivity index (χ4v) is 2.23. The first-order valence-corrected chi connectivity index (χ1v) is 6.83. The summed E-state index contributed by atoms with van der Waals surface area (Å²) in [5, 5.41) is 4.41. The van der Waals surface area contributed by atoms with Crippen molar-refractivity contribution < 1.29 is 4.79 Å². The average molecular weight is 256 g/mol. The topological polar surface area (TPSA) is 34.9 Å². The van der Waals surface area contributed by atoms with Gasteiger partial charge in [0.1, 0.15) is 0 Å². The zero-order chi connectivity index (χ0) is 13.8. The van der Waals surface area contributed by atoms with Gasteiger partial charge in [-0.15, -0.1) is 0 Å². The highest BCUT2D eigenvalue weighted by Crippen LogP contribution is 2.24. The Kier molecular flexibility index (Phi) is 4.15. The summed E-state index contributed by atoms with van der Waals surface area (Å²) in [5.41, 5.74) is 4.11. The Morgan fingerprint density at radius 3 is 2.79 bits per heavy atom. The van der Waals surface area contributed by atoms with Crippen LogP contribution in [0.2, 0.25) is 0 Å². The summed E-state index contributed by atoms with van der Waals surface area (Å²) >= 11 is 0. The lowest BCUT2D eigenvalue weighted by molar-refractivity contribution is 0.0988. The SMILES string of the molecule is CCCn1ncc(-c2cccc(C(=O)CC)c2)c1C. The number of carbonyl (C=O) groups excluding carboxylic acids is 1. The van der Waals surface area contributed by atoms with Crippen LogP contribution >= 0.6 is 0 Å². The molecule has 0 fully saturated rings. The van der Waals surface area contributed by atoms with Gasteiger partial charge in [-0.2, -0.15) is 5.10 Å². The van der Waals surface area contributed by atoms with Gasteiger partial charge < -0.3 is 0 Å². The van der Waals surface area contributed by atoms with Crippen molar-refractivity contribution in [3.8, 4) is 11.1 Å². The van der Waals surface area contributed by atoms with Crippen molar-refractivity contribution in [2.45, 2.75) is 40.2 Å². The Labute approximate surface area is 114 Å². The Hall–Kier alpha value is -1.90. The summed E-state index contributed by atoms with van der Waals surface area (Å²) in [6.07, 6.45) is 3.49. The molecule has 0 unspecified atom stereocenters. The molecule has 3 nitrogen and oxygen atoms in total. The van der Waals surface area contributed by atoms with Crippen LogP contribution in [0.25, 0.3) is 11.1 Å². The average Bonchev–Trinajstić information content (AvgIpc) is 2.80. The summed E-state index contributed by atoms with van der Waals surface area (Å²) in [7, 11) is 0. The molecule has 0 amide bonds. The first-order valence-electron chi connectivity index (χ1n) is 6.83. The fraction of sp³-hybridized carbons (Fsp3) is 0.375. The second kappa shape index (κ2) is 5.83. The largest absolute Gasteiger partial charge is 0.294 e. The molecule has 2 rings (SSSR count). The molecule has 0 saturated heterocycles. The summed E-state index contributed by atoms with van der Waals surface area (Å²) in [5.74, 6) is 0.181. The van der Waals surface area contributed by atoms with Crippen LogP contribution < -0.4 is 0 Å². The first kappa shape index (κ1) is 13.5. The highest BCUT2D eigenvalue weighted by Gasteiger charge is 2.10. The minimum Gasteiger partial charge on any atom is -0.294 e. The lowest BCUT2D eigenvalue weighted by atomic mass is 10.0. The predicted octanol–water partition coefficient (Wildman–Crippen LogP) is 3.86. The van der Waals surface area contributed by atoms with E-state index in [4.69, 9.17) is 0 Å². The van der Waals surface area contributed by atoms with Gasteiger partial charge in [0, 0.05) is 29.8 Å². The van der Waals surface area contributed by atoms with Gasteiger partial charge in [0.15, 0.2) is 5.78 Å². The number of nitrogens with zero attached hydrogens (tertiary/aromatic N) is 2. The number of benzene rings is 1. The number of aromatic nitrogens is 2. The van der Waals surface area contributed by atoms with E-state index in [1.165, 1.54) is 0 Å². The number of aryl methyl sites for hydroxylation is 1. The van der Waals surface area contributed by atoms with E-state index in [1.807, 2.05) is 42.1 Å². The molecule has 0 radical (unpaired) electrons. The zero-order valence-corrected chi connectivity index (χ0v) is 11.8. The van der Waals surface area contributed by atoms with Crippen molar-refractivity contribution >= 4 is 5.78 Å². The fourth-order valence-electron chi connectivity index (χ4n) is 2.23. The van der Waals surface area contributed by atoms with Crippen LogP contribution in [0.1, 0.15) is 42.7 Å². The minimum atomic E-state index is 0.181. The number of hydrogen-bond donors (Lipinski definition) is 0. The molecular formula is C16H20N2O. The van der Waals surface area contributed by atoms with Crippen LogP contribution in [0.4, 0.5) is 0 Å². The molecule has 0 aliphatic heterocycles. The molecule has 0 aliphatic carbocycles. The third-order valence-corrected chi connectivity index (χ3v) is 3.36. The van der Waals surface area contributed by atoms with Crippen molar-refractivity contribution in [2.75, 3.05) is 0 Å². The molecule has 3 heteroatoms. The molecule has 0 atom stereocenters. The quantitative estimate of drug-likeness (QED) is 0.761. The van der Waals surface area contributed by atoms with E-state index in [-0.39, 0.29) is 5.78 Å². The molecule has 19 heavy (non-hydrogen) atoms. The summed E-state index contributed by atoms with van der Waals surface area (Å²) in [6.45, 7) is 7.03. The smallest absolute Gasteiger partial charge is 0.162 e. The summed E-state index contributed by atoms with van der Waals surface area (Å²) < 4.78 is 2.02. The normalized spacial score (nSPS) is 10.7. The molecule has 1 heterocycles. The van der Waals surface area contributed by atoms with Crippen molar-refractivity contribution in [1.82, 2.24) is 9.78 Å². The Balaban J connectivity index is 2.39. The van der Waals surface area contributed by atoms with Gasteiger partial charge in [-0.25, -0.2) is 0 Å². The van der Waals surface area contributed by atoms with E-state index in [0.29, 0.717) is 6.42 Å². The van der Waals surface area contributed by atoms with Gasteiger partial charge >= 0.3 is 0 Å². The van der Waals surface area contributed by atoms with E-state index >= 15 is 0 Å². The molecule has 0 aliphatic rings. The first-order chi connectivity index (χ1) is 9.17. The lowest BCUT2D eigenvalue weighted by Crippen LogP contribution is -2.01. The monoisotopic (exact) mass is 256 g/mol. The summed E-state index contributed by atoms with van der Waals surface area (Å²) in [4.78, 5) is 11.8. The van der Waals surface area contributed by atoms with Gasteiger partial charge in [-0.05, 0) is 25.0 Å². The van der Waals surface area contributed by atoms with Crippen LogP contribution in [0.15, 0.2) is 30.5 Å².